The number of rotatable bonds is 5. The Morgan fingerprint density at radius 2 is 1.44 bits per heavy atom. The first kappa shape index (κ1) is 26.5. The van der Waals surface area contributed by atoms with Crippen LogP contribution in [0.2, 0.25) is 0 Å². The Hall–Kier alpha value is -4.67. The highest BCUT2D eigenvalue weighted by Crippen LogP contribution is 2.39. The summed E-state index contributed by atoms with van der Waals surface area (Å²) in [6.45, 7) is -0.595. The van der Waals surface area contributed by atoms with Gasteiger partial charge in [-0.15, -0.1) is 0 Å². The van der Waals surface area contributed by atoms with Crippen LogP contribution in [0.1, 0.15) is 16.7 Å². The Morgan fingerprint density at radius 3 is 2.15 bits per heavy atom. The minimum Gasteiger partial charge on any atom is -0.343 e. The molecule has 0 saturated carbocycles. The zero-order chi connectivity index (χ0) is 29.1. The Balaban J connectivity index is 1.54. The molecule has 6 aromatic rings. The normalized spacial score (nSPS) is 12.1. The first-order chi connectivity index (χ1) is 19.5. The third kappa shape index (κ3) is 4.81. The van der Waals surface area contributed by atoms with Crippen molar-refractivity contribution in [3.63, 3.8) is 0 Å². The van der Waals surface area contributed by atoms with E-state index in [2.05, 4.69) is 5.10 Å². The van der Waals surface area contributed by atoms with E-state index in [1.165, 1.54) is 18.2 Å². The van der Waals surface area contributed by atoms with Crippen LogP contribution in [0.4, 0.5) is 35.1 Å². The molecule has 208 valence electrons. The quantitative estimate of drug-likeness (QED) is 0.190. The van der Waals surface area contributed by atoms with Gasteiger partial charge in [-0.25, -0.2) is 22.0 Å². The molecule has 4 aromatic carbocycles. The van der Waals surface area contributed by atoms with Crippen molar-refractivity contribution < 1.29 is 35.1 Å². The molecule has 2 aromatic heterocycles. The van der Waals surface area contributed by atoms with Crippen LogP contribution in [0.15, 0.2) is 79.0 Å². The molecule has 0 N–H and O–H groups in total. The standard InChI is InChI=1S/C30H17F8N3/c31-19-7-6-18(24(33)11-19)14-40-9-8-16-4-5-17(10-27(16)40)29-21-2-1-3-23(30(36,37)38)28(21)39-41(29)15-22-25(34)12-20(32)13-26(22)35/h1-13H,14-15H2. The number of halogens is 8. The lowest BCUT2D eigenvalue weighted by Crippen LogP contribution is -2.09. The van der Waals surface area contributed by atoms with Crippen molar-refractivity contribution in [2.24, 2.45) is 0 Å². The van der Waals surface area contributed by atoms with E-state index in [9.17, 15) is 35.1 Å². The summed E-state index contributed by atoms with van der Waals surface area (Å²) >= 11 is 0. The summed E-state index contributed by atoms with van der Waals surface area (Å²) in [5.41, 5.74) is -0.767. The summed E-state index contributed by atoms with van der Waals surface area (Å²) in [5.74, 6) is -5.03. The molecule has 0 amide bonds. The van der Waals surface area contributed by atoms with Crippen molar-refractivity contribution in [2.75, 3.05) is 0 Å². The predicted octanol–water partition coefficient (Wildman–Crippen LogP) is 8.47. The van der Waals surface area contributed by atoms with Gasteiger partial charge in [-0.05, 0) is 29.7 Å². The van der Waals surface area contributed by atoms with Crippen LogP contribution < -0.4 is 0 Å². The maximum absolute atomic E-state index is 14.6. The smallest absolute Gasteiger partial charge is 0.343 e. The first-order valence-electron chi connectivity index (χ1n) is 12.2. The number of nitrogens with zero attached hydrogens (tertiary/aromatic N) is 3. The highest BCUT2D eigenvalue weighted by molar-refractivity contribution is 5.97. The number of benzene rings is 4. The average Bonchev–Trinajstić information content (AvgIpc) is 3.47. The van der Waals surface area contributed by atoms with Crippen molar-refractivity contribution >= 4 is 21.8 Å². The van der Waals surface area contributed by atoms with Crippen LogP contribution in [-0.2, 0) is 19.3 Å². The summed E-state index contributed by atoms with van der Waals surface area (Å²) in [6, 6.07) is 14.4. The summed E-state index contributed by atoms with van der Waals surface area (Å²) in [5, 5.41) is 4.91. The van der Waals surface area contributed by atoms with E-state index in [1.54, 1.807) is 35.0 Å². The molecule has 0 aliphatic rings. The third-order valence-electron chi connectivity index (χ3n) is 6.89. The van der Waals surface area contributed by atoms with Crippen molar-refractivity contribution in [2.45, 2.75) is 19.3 Å². The van der Waals surface area contributed by atoms with Crippen molar-refractivity contribution in [1.29, 1.82) is 0 Å². The second kappa shape index (κ2) is 9.76. The fraction of sp³-hybridized carbons (Fsp3) is 0.100. The average molecular weight is 571 g/mol. The second-order valence-corrected chi connectivity index (χ2v) is 9.51. The maximum atomic E-state index is 14.6. The van der Waals surface area contributed by atoms with E-state index in [4.69, 9.17) is 0 Å². The number of hydrogen-bond donors (Lipinski definition) is 0. The zero-order valence-electron chi connectivity index (χ0n) is 20.8. The first-order valence-corrected chi connectivity index (χ1v) is 12.2. The van der Waals surface area contributed by atoms with Crippen molar-refractivity contribution in [3.8, 4) is 11.3 Å². The molecule has 41 heavy (non-hydrogen) atoms. The summed E-state index contributed by atoms with van der Waals surface area (Å²) in [7, 11) is 0. The van der Waals surface area contributed by atoms with Crippen LogP contribution in [0.5, 0.6) is 0 Å². The van der Waals surface area contributed by atoms with Gasteiger partial charge in [-0.2, -0.15) is 18.3 Å². The van der Waals surface area contributed by atoms with Gasteiger partial charge in [-0.3, -0.25) is 4.68 Å². The molecule has 0 aliphatic carbocycles. The van der Waals surface area contributed by atoms with Crippen molar-refractivity contribution in [3.05, 3.63) is 125 Å². The van der Waals surface area contributed by atoms with Gasteiger partial charge in [0.2, 0.25) is 0 Å². The lowest BCUT2D eigenvalue weighted by atomic mass is 10.0. The van der Waals surface area contributed by atoms with Crippen molar-refractivity contribution in [1.82, 2.24) is 14.3 Å². The van der Waals surface area contributed by atoms with E-state index in [-0.39, 0.29) is 23.2 Å². The van der Waals surface area contributed by atoms with E-state index < -0.39 is 58.5 Å². The molecule has 11 heteroatoms. The molecule has 6 rings (SSSR count). The Kier molecular flexibility index (Phi) is 6.32. The fourth-order valence-corrected chi connectivity index (χ4v) is 4.98. The van der Waals surface area contributed by atoms with Gasteiger partial charge in [0.05, 0.1) is 24.3 Å². The van der Waals surface area contributed by atoms with E-state index in [1.807, 2.05) is 0 Å². The van der Waals surface area contributed by atoms with Crippen LogP contribution in [0.3, 0.4) is 0 Å². The maximum Gasteiger partial charge on any atom is 0.418 e. The van der Waals surface area contributed by atoms with E-state index >= 15 is 0 Å². The van der Waals surface area contributed by atoms with Gasteiger partial charge < -0.3 is 4.57 Å². The largest absolute Gasteiger partial charge is 0.418 e. The Labute approximate surface area is 226 Å². The monoisotopic (exact) mass is 571 g/mol. The van der Waals surface area contributed by atoms with E-state index in [0.29, 0.717) is 23.2 Å². The summed E-state index contributed by atoms with van der Waals surface area (Å²) in [6.07, 6.45) is -3.09. The van der Waals surface area contributed by atoms with Crippen LogP contribution in [-0.4, -0.2) is 14.3 Å². The number of aromatic nitrogens is 3. The van der Waals surface area contributed by atoms with E-state index in [0.717, 1.165) is 28.3 Å². The fourth-order valence-electron chi connectivity index (χ4n) is 4.98. The molecular weight excluding hydrogens is 554 g/mol. The molecule has 2 heterocycles. The highest BCUT2D eigenvalue weighted by atomic mass is 19.4. The molecule has 0 fully saturated rings. The molecule has 0 bridgehead atoms. The summed E-state index contributed by atoms with van der Waals surface area (Å²) < 4.78 is 115. The molecule has 3 nitrogen and oxygen atoms in total. The molecule has 0 radical (unpaired) electrons. The Bertz CT molecular complexity index is 1930. The minimum atomic E-state index is -4.76. The molecule has 0 unspecified atom stereocenters. The SMILES string of the molecule is Fc1ccc(Cn2ccc3ccc(-c4c5cccc(C(F)(F)F)c5nn4Cc4c(F)cc(F)cc4F)cc32)c(F)c1. The van der Waals surface area contributed by atoms with Gasteiger partial charge >= 0.3 is 6.18 Å². The van der Waals surface area contributed by atoms with Crippen LogP contribution in [0.25, 0.3) is 33.1 Å². The lowest BCUT2D eigenvalue weighted by Gasteiger charge is -2.12. The predicted molar refractivity (Wildman–Crippen MR) is 137 cm³/mol. The third-order valence-corrected chi connectivity index (χ3v) is 6.89. The zero-order valence-corrected chi connectivity index (χ0v) is 20.8. The summed E-state index contributed by atoms with van der Waals surface area (Å²) in [4.78, 5) is 0. The highest BCUT2D eigenvalue weighted by Gasteiger charge is 2.35. The Morgan fingerprint density at radius 1 is 0.707 bits per heavy atom. The van der Waals surface area contributed by atoms with Crippen LogP contribution >= 0.6 is 0 Å². The molecule has 0 saturated heterocycles. The molecule has 0 atom stereocenters. The van der Waals surface area contributed by atoms with Gasteiger partial charge in [-0.1, -0.05) is 30.3 Å². The van der Waals surface area contributed by atoms with Crippen LogP contribution in [0, 0.1) is 29.1 Å². The lowest BCUT2D eigenvalue weighted by molar-refractivity contribution is -0.136. The minimum absolute atomic E-state index is 0.0311. The number of alkyl halides is 3. The topological polar surface area (TPSA) is 22.8 Å². The number of hydrogen-bond acceptors (Lipinski definition) is 1. The number of fused-ring (bicyclic) bond motifs is 2. The molecule has 0 aliphatic heterocycles. The van der Waals surface area contributed by atoms with Gasteiger partial charge in [0.25, 0.3) is 0 Å². The second-order valence-electron chi connectivity index (χ2n) is 9.51. The van der Waals surface area contributed by atoms with Gasteiger partial charge in [0, 0.05) is 52.0 Å². The van der Waals surface area contributed by atoms with Gasteiger partial charge in [0.15, 0.2) is 0 Å². The molecular formula is C30H17F8N3. The molecule has 0 spiro atoms. The van der Waals surface area contributed by atoms with Gasteiger partial charge in [0.1, 0.15) is 34.6 Å².